The first-order valence-corrected chi connectivity index (χ1v) is 23.8. The lowest BCUT2D eigenvalue weighted by atomic mass is 9.95. The van der Waals surface area contributed by atoms with Crippen molar-refractivity contribution in [1.29, 1.82) is 0 Å². The third-order valence-corrected chi connectivity index (χ3v) is 11.3. The average Bonchev–Trinajstić information content (AvgIpc) is 3.31. The van der Waals surface area contributed by atoms with Gasteiger partial charge < -0.3 is 49.9 Å². The quantitative estimate of drug-likeness (QED) is 0.0464. The maximum Gasteiger partial charge on any atom is 0.419 e. The molecule has 71 heavy (non-hydrogen) atoms. The second-order valence-corrected chi connectivity index (χ2v) is 17.0. The number of hydrogen-bond acceptors (Lipinski definition) is 15. The van der Waals surface area contributed by atoms with Gasteiger partial charge in [-0.3, -0.25) is 29.0 Å². The minimum atomic E-state index is -0.820. The van der Waals surface area contributed by atoms with E-state index >= 15 is 0 Å². The summed E-state index contributed by atoms with van der Waals surface area (Å²) >= 11 is 0. The largest absolute Gasteiger partial charge is 0.506 e. The lowest BCUT2D eigenvalue weighted by Crippen LogP contribution is -2.38. The van der Waals surface area contributed by atoms with E-state index in [1.807, 2.05) is 39.0 Å². The van der Waals surface area contributed by atoms with E-state index in [-0.39, 0.29) is 54.9 Å². The molecule has 0 bridgehead atoms. The fraction of sp³-hybridized carbons (Fsp3) is 0.423. The molecule has 2 aliphatic rings. The van der Waals surface area contributed by atoms with Crippen molar-refractivity contribution in [2.24, 2.45) is 5.73 Å². The van der Waals surface area contributed by atoms with Gasteiger partial charge in [0.1, 0.15) is 23.5 Å². The number of ether oxygens (including phenoxy) is 3. The molecule has 0 spiro atoms. The summed E-state index contributed by atoms with van der Waals surface area (Å²) in [5.41, 5.74) is 7.63. The van der Waals surface area contributed by atoms with Crippen molar-refractivity contribution in [2.45, 2.75) is 124 Å². The number of H-pyrrole nitrogens is 3. The van der Waals surface area contributed by atoms with Crippen LogP contribution >= 0.6 is 0 Å². The zero-order valence-corrected chi connectivity index (χ0v) is 41.1. The number of aromatic hydroxyl groups is 2. The summed E-state index contributed by atoms with van der Waals surface area (Å²) in [5.74, 6) is -3.68. The summed E-state index contributed by atoms with van der Waals surface area (Å²) in [6.07, 6.45) is 11.6. The Hall–Kier alpha value is -7.54. The van der Waals surface area contributed by atoms with E-state index in [1.54, 1.807) is 57.2 Å². The molecule has 3 heterocycles. The van der Waals surface area contributed by atoms with E-state index in [9.17, 15) is 48.6 Å². The fourth-order valence-corrected chi connectivity index (χ4v) is 7.77. The summed E-state index contributed by atoms with van der Waals surface area (Å²) in [4.78, 5) is 98.7. The highest BCUT2D eigenvalue weighted by Gasteiger charge is 2.23. The summed E-state index contributed by atoms with van der Waals surface area (Å²) in [6.45, 7) is 11.3. The standard InChI is InChI=1S/C17H20N2O3.C13H13NO4.C9H7NO3.C7H12O4.C6H13N/c1-10-7-8-13-12(9-10)15(20)14(17(22)19-13)16(21)18-11-5-3-2-4-6-11;1-3-18-13(17)10-11(15)8-6-7(2)4-5-9(8)14-12(10)16;1-5-2-3-7-6(4-5)8(11)13-9(12)10-7;1-3-10-6(8)5-7(9)11-4-2;7-6-4-2-1-3-5-6/h7-9,11H,2-6H2,1H3,(H,18,21)(H2,19,20,22);4-6H,3H2,1-2H3,(H2,14,15,16);2-4H,1H3,(H,10,12);3-5H2,1-2H3;6H,1-5,7H2. The molecule has 0 saturated heterocycles. The van der Waals surface area contributed by atoms with E-state index in [0.29, 0.717) is 38.8 Å². The molecule has 19 nitrogen and oxygen atoms in total. The van der Waals surface area contributed by atoms with Gasteiger partial charge in [-0.15, -0.1) is 0 Å². The number of amides is 1. The van der Waals surface area contributed by atoms with Gasteiger partial charge in [0.15, 0.2) is 5.56 Å². The number of pyridine rings is 2. The summed E-state index contributed by atoms with van der Waals surface area (Å²) in [7, 11) is 0. The molecule has 0 unspecified atom stereocenters. The van der Waals surface area contributed by atoms with Crippen molar-refractivity contribution in [3.05, 3.63) is 124 Å². The Bertz CT molecular complexity index is 3020. The van der Waals surface area contributed by atoms with Crippen LogP contribution in [-0.2, 0) is 23.8 Å². The monoisotopic (exact) mass is 983 g/mol. The second-order valence-electron chi connectivity index (χ2n) is 17.0. The van der Waals surface area contributed by atoms with Crippen LogP contribution in [0, 0.1) is 20.8 Å². The van der Waals surface area contributed by atoms with Crippen molar-refractivity contribution in [3.63, 3.8) is 0 Å². The van der Waals surface area contributed by atoms with Crippen LogP contribution in [0.4, 0.5) is 0 Å². The Labute approximate surface area is 409 Å². The van der Waals surface area contributed by atoms with Gasteiger partial charge in [-0.05, 0) is 104 Å². The van der Waals surface area contributed by atoms with Gasteiger partial charge in [0.05, 0.1) is 41.8 Å². The molecule has 382 valence electrons. The lowest BCUT2D eigenvalue weighted by Gasteiger charge is -2.22. The Morgan fingerprint density at radius 2 is 1.03 bits per heavy atom. The van der Waals surface area contributed by atoms with Gasteiger partial charge in [-0.2, -0.15) is 0 Å². The van der Waals surface area contributed by atoms with Crippen LogP contribution in [0.1, 0.15) is 129 Å². The number of benzene rings is 3. The van der Waals surface area contributed by atoms with Crippen molar-refractivity contribution < 1.29 is 48.0 Å². The summed E-state index contributed by atoms with van der Waals surface area (Å²) in [6, 6.07) is 16.3. The van der Waals surface area contributed by atoms with Crippen LogP contribution in [0.3, 0.4) is 0 Å². The lowest BCUT2D eigenvalue weighted by molar-refractivity contribution is -0.153. The van der Waals surface area contributed by atoms with Gasteiger partial charge in [-0.25, -0.2) is 14.4 Å². The summed E-state index contributed by atoms with van der Waals surface area (Å²) < 4.78 is 18.2. The van der Waals surface area contributed by atoms with Crippen LogP contribution in [0.15, 0.2) is 78.2 Å². The van der Waals surface area contributed by atoms with Crippen molar-refractivity contribution >= 4 is 56.5 Å². The number of nitrogens with two attached hydrogens (primary N) is 1. The summed E-state index contributed by atoms with van der Waals surface area (Å²) in [5, 5.41) is 24.6. The topological polar surface area (TPSA) is 303 Å². The molecule has 6 aromatic rings. The number of aromatic amines is 3. The normalized spacial score (nSPS) is 13.4. The number of carbonyl (C=O) groups is 4. The molecule has 1 amide bonds. The number of esters is 3. The highest BCUT2D eigenvalue weighted by Crippen LogP contribution is 2.28. The smallest absolute Gasteiger partial charge is 0.419 e. The second kappa shape index (κ2) is 27.6. The van der Waals surface area contributed by atoms with E-state index in [2.05, 4.69) is 34.2 Å². The highest BCUT2D eigenvalue weighted by atomic mass is 16.6. The Morgan fingerprint density at radius 3 is 1.48 bits per heavy atom. The Balaban J connectivity index is 0.000000202. The van der Waals surface area contributed by atoms with Gasteiger partial charge in [0, 0.05) is 22.9 Å². The van der Waals surface area contributed by atoms with Crippen LogP contribution in [0.5, 0.6) is 11.5 Å². The molecule has 2 aliphatic carbocycles. The van der Waals surface area contributed by atoms with Crippen molar-refractivity contribution in [1.82, 2.24) is 20.3 Å². The van der Waals surface area contributed by atoms with Crippen LogP contribution in [-0.4, -0.2) is 80.9 Å². The van der Waals surface area contributed by atoms with Crippen molar-refractivity contribution in [3.8, 4) is 11.5 Å². The molecular weight excluding hydrogens is 919 g/mol. The van der Waals surface area contributed by atoms with E-state index in [4.69, 9.17) is 10.5 Å². The molecule has 8 rings (SSSR count). The first kappa shape index (κ1) is 56.1. The zero-order chi connectivity index (χ0) is 52.2. The molecular formula is C52H65N5O14. The third kappa shape index (κ3) is 16.8. The predicted octanol–water partition coefficient (Wildman–Crippen LogP) is 6.89. The van der Waals surface area contributed by atoms with Crippen LogP contribution in [0.25, 0.3) is 32.7 Å². The number of aryl methyl sites for hydroxylation is 3. The SMILES string of the molecule is CCOC(=O)CC(=O)OCC.CCOC(=O)c1c(O)c2cc(C)ccc2[nH]c1=O.Cc1ccc2[nH]c(=O)c(C(=O)NC3CCCCC3)c(O)c2c1.Cc1ccc2[nH]c(=O)oc(=O)c2c1.NC1CCCCC1. The van der Waals surface area contributed by atoms with Gasteiger partial charge in [-0.1, -0.05) is 73.4 Å². The number of aromatic nitrogens is 3. The Morgan fingerprint density at radius 1 is 0.606 bits per heavy atom. The number of carbonyl (C=O) groups excluding carboxylic acids is 4. The third-order valence-electron chi connectivity index (χ3n) is 11.3. The Kier molecular flexibility index (Phi) is 21.8. The van der Waals surface area contributed by atoms with Gasteiger partial charge >= 0.3 is 29.3 Å². The molecule has 0 radical (unpaired) electrons. The van der Waals surface area contributed by atoms with Crippen LogP contribution in [0.2, 0.25) is 0 Å². The number of rotatable bonds is 8. The van der Waals surface area contributed by atoms with E-state index in [1.165, 1.54) is 38.5 Å². The molecule has 2 fully saturated rings. The molecule has 0 aliphatic heterocycles. The predicted molar refractivity (Wildman–Crippen MR) is 269 cm³/mol. The number of hydrogen-bond donors (Lipinski definition) is 7. The average molecular weight is 984 g/mol. The molecule has 8 N–H and O–H groups in total. The van der Waals surface area contributed by atoms with E-state index in [0.717, 1.165) is 42.4 Å². The fourth-order valence-electron chi connectivity index (χ4n) is 7.77. The first-order chi connectivity index (χ1) is 33.9. The molecule has 2 saturated carbocycles. The highest BCUT2D eigenvalue weighted by molar-refractivity contribution is 6.02. The number of nitrogens with one attached hydrogen (secondary N) is 4. The minimum Gasteiger partial charge on any atom is -0.506 e. The first-order valence-electron chi connectivity index (χ1n) is 23.8. The molecule has 3 aromatic carbocycles. The van der Waals surface area contributed by atoms with E-state index < -0.39 is 46.3 Å². The number of fused-ring (bicyclic) bond motifs is 3. The van der Waals surface area contributed by atoms with Crippen LogP contribution < -0.4 is 33.6 Å². The molecule has 19 heteroatoms. The maximum atomic E-state index is 12.4. The van der Waals surface area contributed by atoms with Gasteiger partial charge in [0.2, 0.25) is 0 Å². The maximum absolute atomic E-state index is 12.4. The molecule has 0 atom stereocenters. The molecule has 3 aromatic heterocycles. The zero-order valence-electron chi connectivity index (χ0n) is 41.1. The minimum absolute atomic E-state index is 0.0910. The van der Waals surface area contributed by atoms with Gasteiger partial charge in [0.25, 0.3) is 17.0 Å². The van der Waals surface area contributed by atoms with Crippen molar-refractivity contribution in [2.75, 3.05) is 19.8 Å².